The molecule has 0 spiro atoms. The minimum Gasteiger partial charge on any atom is -0.423 e. The van der Waals surface area contributed by atoms with Crippen molar-refractivity contribution < 1.29 is 18.5 Å². The molecule has 136 valence electrons. The zero-order chi connectivity index (χ0) is 19.0. The van der Waals surface area contributed by atoms with Gasteiger partial charge in [-0.2, -0.15) is 0 Å². The maximum atomic E-state index is 14.0. The summed E-state index contributed by atoms with van der Waals surface area (Å²) < 4.78 is 32.5. The molecule has 4 rings (SSSR count). The van der Waals surface area contributed by atoms with E-state index in [2.05, 4.69) is 0 Å². The maximum Gasteiger partial charge on any atom is 0.336 e. The minimum atomic E-state index is -0.596. The quantitative estimate of drug-likeness (QED) is 0.438. The van der Waals surface area contributed by atoms with E-state index in [4.69, 9.17) is 4.42 Å². The summed E-state index contributed by atoms with van der Waals surface area (Å²) in [5, 5.41) is 4.86. The van der Waals surface area contributed by atoms with Crippen molar-refractivity contribution in [1.82, 2.24) is 0 Å². The Balaban J connectivity index is 1.73. The lowest BCUT2D eigenvalue weighted by molar-refractivity contribution is -0.708. The fourth-order valence-electron chi connectivity index (χ4n) is 3.48. The van der Waals surface area contributed by atoms with E-state index in [1.54, 1.807) is 6.07 Å². The number of quaternary nitrogens is 1. The SMILES string of the molecule is C[C@H]([NH2+]Cc1cc(=O)oc2ccc3ccccc3c12)c1ccc(F)cc1F. The topological polar surface area (TPSA) is 46.8 Å². The fraction of sp³-hybridized carbons (Fsp3) is 0.136. The van der Waals surface area contributed by atoms with Crippen LogP contribution in [0.25, 0.3) is 21.7 Å². The third-order valence-corrected chi connectivity index (χ3v) is 4.86. The molecule has 5 heteroatoms. The van der Waals surface area contributed by atoms with E-state index < -0.39 is 17.3 Å². The van der Waals surface area contributed by atoms with Crippen LogP contribution < -0.4 is 10.9 Å². The number of nitrogens with two attached hydrogens (primary N) is 1. The second kappa shape index (κ2) is 6.93. The first-order valence-electron chi connectivity index (χ1n) is 8.75. The standard InChI is InChI=1S/C22H17F2NO2/c1-13(17-8-7-16(23)11-19(17)24)25-12-15-10-21(26)27-20-9-6-14-4-2-3-5-18(14)22(15)20/h2-11,13,25H,12H2,1H3/p+1/t13-/m0/s1. The Morgan fingerprint density at radius 3 is 2.67 bits per heavy atom. The number of rotatable bonds is 4. The Labute approximate surface area is 154 Å². The first-order chi connectivity index (χ1) is 13.0. The highest BCUT2D eigenvalue weighted by Crippen LogP contribution is 2.27. The molecule has 1 atom stereocenters. The lowest BCUT2D eigenvalue weighted by Gasteiger charge is -2.13. The van der Waals surface area contributed by atoms with Crippen LogP contribution in [0.15, 0.2) is 69.9 Å². The lowest BCUT2D eigenvalue weighted by atomic mass is 10.0. The van der Waals surface area contributed by atoms with Crippen LogP contribution in [0.2, 0.25) is 0 Å². The summed E-state index contributed by atoms with van der Waals surface area (Å²) in [5.74, 6) is -1.16. The molecule has 0 amide bonds. The van der Waals surface area contributed by atoms with Crippen LogP contribution in [0.4, 0.5) is 8.78 Å². The second-order valence-corrected chi connectivity index (χ2v) is 6.64. The molecule has 0 unspecified atom stereocenters. The fourth-order valence-corrected chi connectivity index (χ4v) is 3.48. The largest absolute Gasteiger partial charge is 0.423 e. The molecule has 3 aromatic carbocycles. The van der Waals surface area contributed by atoms with Crippen molar-refractivity contribution in [1.29, 1.82) is 0 Å². The summed E-state index contributed by atoms with van der Waals surface area (Å²) in [6.45, 7) is 2.32. The molecule has 2 N–H and O–H groups in total. The number of hydrogen-bond acceptors (Lipinski definition) is 2. The van der Waals surface area contributed by atoms with Crippen molar-refractivity contribution in [2.75, 3.05) is 0 Å². The summed E-state index contributed by atoms with van der Waals surface area (Å²) >= 11 is 0. The van der Waals surface area contributed by atoms with Crippen LogP contribution >= 0.6 is 0 Å². The van der Waals surface area contributed by atoms with Gasteiger partial charge in [0.25, 0.3) is 0 Å². The van der Waals surface area contributed by atoms with Crippen molar-refractivity contribution in [3.05, 3.63) is 93.8 Å². The molecule has 1 aromatic heterocycles. The molecule has 0 saturated heterocycles. The van der Waals surface area contributed by atoms with E-state index >= 15 is 0 Å². The number of halogens is 2. The molecule has 0 fully saturated rings. The zero-order valence-corrected chi connectivity index (χ0v) is 14.7. The molecule has 3 nitrogen and oxygen atoms in total. The summed E-state index contributed by atoms with van der Waals surface area (Å²) in [4.78, 5) is 12.0. The van der Waals surface area contributed by atoms with Crippen LogP contribution in [-0.2, 0) is 6.54 Å². The Hall–Kier alpha value is -3.05. The first kappa shape index (κ1) is 17.4. The molecular formula is C22H18F2NO2+. The van der Waals surface area contributed by atoms with Crippen molar-refractivity contribution in [2.24, 2.45) is 0 Å². The van der Waals surface area contributed by atoms with E-state index in [-0.39, 0.29) is 6.04 Å². The summed E-state index contributed by atoms with van der Waals surface area (Å²) in [5.41, 5.74) is 1.37. The normalized spacial score (nSPS) is 12.6. The highest BCUT2D eigenvalue weighted by atomic mass is 19.1. The van der Waals surface area contributed by atoms with Crippen molar-refractivity contribution in [2.45, 2.75) is 19.5 Å². The Morgan fingerprint density at radius 1 is 1.04 bits per heavy atom. The number of hydrogen-bond donors (Lipinski definition) is 1. The van der Waals surface area contributed by atoms with Crippen molar-refractivity contribution >= 4 is 21.7 Å². The highest BCUT2D eigenvalue weighted by molar-refractivity contribution is 6.06. The third-order valence-electron chi connectivity index (χ3n) is 4.86. The molecule has 0 bridgehead atoms. The van der Waals surface area contributed by atoms with Gasteiger partial charge in [-0.05, 0) is 35.9 Å². The van der Waals surface area contributed by atoms with Gasteiger partial charge in [-0.15, -0.1) is 0 Å². The van der Waals surface area contributed by atoms with Gasteiger partial charge in [-0.1, -0.05) is 30.3 Å². The van der Waals surface area contributed by atoms with Gasteiger partial charge in [0.1, 0.15) is 29.8 Å². The van der Waals surface area contributed by atoms with E-state index in [1.165, 1.54) is 18.2 Å². The Kier molecular flexibility index (Phi) is 4.46. The first-order valence-corrected chi connectivity index (χ1v) is 8.75. The average Bonchev–Trinajstić information content (AvgIpc) is 2.65. The summed E-state index contributed by atoms with van der Waals surface area (Å²) in [6.07, 6.45) is 0. The van der Waals surface area contributed by atoms with Crippen LogP contribution in [0, 0.1) is 11.6 Å². The van der Waals surface area contributed by atoms with E-state index in [9.17, 15) is 13.6 Å². The molecule has 0 aliphatic heterocycles. The number of fused-ring (bicyclic) bond motifs is 3. The van der Waals surface area contributed by atoms with Crippen LogP contribution in [0.5, 0.6) is 0 Å². The van der Waals surface area contributed by atoms with Crippen molar-refractivity contribution in [3.8, 4) is 0 Å². The Morgan fingerprint density at radius 2 is 1.85 bits per heavy atom. The van der Waals surface area contributed by atoms with Gasteiger partial charge in [0.2, 0.25) is 0 Å². The zero-order valence-electron chi connectivity index (χ0n) is 14.7. The van der Waals surface area contributed by atoms with Gasteiger partial charge in [0.05, 0.1) is 0 Å². The molecule has 4 aromatic rings. The molecule has 1 heterocycles. The Bertz CT molecular complexity index is 1200. The second-order valence-electron chi connectivity index (χ2n) is 6.64. The predicted octanol–water partition coefficient (Wildman–Crippen LogP) is 4.05. The lowest BCUT2D eigenvalue weighted by Crippen LogP contribution is -2.83. The predicted molar refractivity (Wildman–Crippen MR) is 100 cm³/mol. The maximum absolute atomic E-state index is 14.0. The van der Waals surface area contributed by atoms with E-state index in [1.807, 2.05) is 42.6 Å². The third kappa shape index (κ3) is 3.34. The van der Waals surface area contributed by atoms with Gasteiger partial charge >= 0.3 is 5.63 Å². The van der Waals surface area contributed by atoms with Gasteiger partial charge in [-0.3, -0.25) is 0 Å². The van der Waals surface area contributed by atoms with Gasteiger partial charge in [-0.25, -0.2) is 13.6 Å². The molecule has 0 aliphatic rings. The van der Waals surface area contributed by atoms with Crippen molar-refractivity contribution in [3.63, 3.8) is 0 Å². The minimum absolute atomic E-state index is 0.233. The van der Waals surface area contributed by atoms with Crippen LogP contribution in [-0.4, -0.2) is 0 Å². The van der Waals surface area contributed by atoms with Gasteiger partial charge < -0.3 is 9.73 Å². The number of benzene rings is 3. The molecule has 0 radical (unpaired) electrons. The van der Waals surface area contributed by atoms with E-state index in [0.717, 1.165) is 27.8 Å². The van der Waals surface area contributed by atoms with Gasteiger partial charge in [0, 0.05) is 28.6 Å². The van der Waals surface area contributed by atoms with Crippen LogP contribution in [0.3, 0.4) is 0 Å². The average molecular weight is 366 g/mol. The highest BCUT2D eigenvalue weighted by Gasteiger charge is 2.16. The molecular weight excluding hydrogens is 348 g/mol. The summed E-state index contributed by atoms with van der Waals surface area (Å²) in [6, 6.07) is 16.5. The van der Waals surface area contributed by atoms with Crippen LogP contribution in [0.1, 0.15) is 24.1 Å². The molecule has 27 heavy (non-hydrogen) atoms. The molecule has 0 aliphatic carbocycles. The smallest absolute Gasteiger partial charge is 0.336 e. The van der Waals surface area contributed by atoms with E-state index in [0.29, 0.717) is 17.7 Å². The van der Waals surface area contributed by atoms with Gasteiger partial charge in [0.15, 0.2) is 0 Å². The molecule has 0 saturated carbocycles. The monoisotopic (exact) mass is 366 g/mol. The summed E-state index contributed by atoms with van der Waals surface area (Å²) in [7, 11) is 0.